The van der Waals surface area contributed by atoms with Crippen molar-refractivity contribution in [3.8, 4) is 10.6 Å². The van der Waals surface area contributed by atoms with E-state index < -0.39 is 5.97 Å². The highest BCUT2D eigenvalue weighted by molar-refractivity contribution is 7.15. The van der Waals surface area contributed by atoms with Gasteiger partial charge >= 0.3 is 5.97 Å². The van der Waals surface area contributed by atoms with E-state index in [2.05, 4.69) is 43.1 Å². The molecule has 0 amide bonds. The van der Waals surface area contributed by atoms with E-state index >= 15 is 0 Å². The first-order valence-electron chi connectivity index (χ1n) is 6.93. The number of nitrogens with zero attached hydrogens (tertiary/aromatic N) is 1. The lowest BCUT2D eigenvalue weighted by atomic mass is 10.1. The van der Waals surface area contributed by atoms with Gasteiger partial charge in [0.15, 0.2) is 0 Å². The molecule has 3 nitrogen and oxygen atoms in total. The molecule has 0 radical (unpaired) electrons. The highest BCUT2D eigenvalue weighted by Crippen LogP contribution is 2.29. The molecule has 0 saturated carbocycles. The largest absolute Gasteiger partial charge is 0.481 e. The Bertz CT molecular complexity index is 587. The van der Waals surface area contributed by atoms with Gasteiger partial charge in [-0.15, -0.1) is 11.3 Å². The van der Waals surface area contributed by atoms with Crippen molar-refractivity contribution in [1.82, 2.24) is 4.98 Å². The van der Waals surface area contributed by atoms with Gasteiger partial charge in [0.25, 0.3) is 0 Å². The number of aryl methyl sites for hydroxylation is 3. The van der Waals surface area contributed by atoms with Gasteiger partial charge in [-0.1, -0.05) is 38.1 Å². The third kappa shape index (κ3) is 3.45. The predicted octanol–water partition coefficient (Wildman–Crippen LogP) is 3.95. The number of carboxylic acids is 1. The molecule has 106 valence electrons. The average Bonchev–Trinajstić information content (AvgIpc) is 2.88. The van der Waals surface area contributed by atoms with E-state index in [0.717, 1.165) is 34.0 Å². The van der Waals surface area contributed by atoms with Crippen molar-refractivity contribution in [2.24, 2.45) is 0 Å². The summed E-state index contributed by atoms with van der Waals surface area (Å²) in [5, 5.41) is 9.79. The van der Waals surface area contributed by atoms with Crippen molar-refractivity contribution in [1.29, 1.82) is 0 Å². The Labute approximate surface area is 123 Å². The fourth-order valence-electron chi connectivity index (χ4n) is 2.08. The lowest BCUT2D eigenvalue weighted by Gasteiger charge is -1.98. The molecule has 1 aromatic heterocycles. The second kappa shape index (κ2) is 6.66. The minimum absolute atomic E-state index is 0.170. The topological polar surface area (TPSA) is 50.2 Å². The summed E-state index contributed by atoms with van der Waals surface area (Å²) >= 11 is 1.62. The van der Waals surface area contributed by atoms with Gasteiger partial charge in [0.2, 0.25) is 0 Å². The highest BCUT2D eigenvalue weighted by Gasteiger charge is 2.12. The molecular formula is C16H19NO2S. The second-order valence-corrected chi connectivity index (χ2v) is 5.77. The number of aromatic nitrogens is 1. The maximum absolute atomic E-state index is 10.7. The van der Waals surface area contributed by atoms with Crippen LogP contribution in [-0.4, -0.2) is 16.1 Å². The van der Waals surface area contributed by atoms with Crippen LogP contribution in [0.2, 0.25) is 0 Å². The third-order valence-electron chi connectivity index (χ3n) is 3.29. The number of carbonyl (C=O) groups is 1. The molecule has 0 spiro atoms. The normalized spacial score (nSPS) is 10.7. The van der Waals surface area contributed by atoms with Crippen molar-refractivity contribution in [2.75, 3.05) is 0 Å². The van der Waals surface area contributed by atoms with E-state index in [0.29, 0.717) is 6.42 Å². The van der Waals surface area contributed by atoms with Gasteiger partial charge in [0.05, 0.1) is 12.1 Å². The van der Waals surface area contributed by atoms with Crippen LogP contribution in [0.5, 0.6) is 0 Å². The summed E-state index contributed by atoms with van der Waals surface area (Å²) in [4.78, 5) is 16.5. The van der Waals surface area contributed by atoms with Crippen LogP contribution in [0.25, 0.3) is 10.6 Å². The van der Waals surface area contributed by atoms with Crippen LogP contribution in [0, 0.1) is 0 Å². The van der Waals surface area contributed by atoms with E-state index in [-0.39, 0.29) is 6.42 Å². The highest BCUT2D eigenvalue weighted by atomic mass is 32.1. The monoisotopic (exact) mass is 289 g/mol. The molecule has 1 aromatic carbocycles. The number of hydrogen-bond donors (Lipinski definition) is 1. The number of benzene rings is 1. The summed E-state index contributed by atoms with van der Waals surface area (Å²) in [6.07, 6.45) is 2.62. The number of thiazole rings is 1. The van der Waals surface area contributed by atoms with Crippen LogP contribution >= 0.6 is 11.3 Å². The Morgan fingerprint density at radius 1 is 1.20 bits per heavy atom. The zero-order chi connectivity index (χ0) is 14.5. The molecule has 0 saturated heterocycles. The Morgan fingerprint density at radius 2 is 1.90 bits per heavy atom. The summed E-state index contributed by atoms with van der Waals surface area (Å²) in [5.41, 5.74) is 3.46. The van der Waals surface area contributed by atoms with Gasteiger partial charge in [-0.2, -0.15) is 0 Å². The molecule has 0 aliphatic rings. The van der Waals surface area contributed by atoms with E-state index in [1.807, 2.05) is 0 Å². The Hall–Kier alpha value is -1.68. The van der Waals surface area contributed by atoms with Gasteiger partial charge in [-0.3, -0.25) is 4.79 Å². The van der Waals surface area contributed by atoms with Gasteiger partial charge in [-0.25, -0.2) is 4.98 Å². The van der Waals surface area contributed by atoms with Crippen LogP contribution in [0.1, 0.15) is 36.4 Å². The quantitative estimate of drug-likeness (QED) is 0.876. The fourth-order valence-corrected chi connectivity index (χ4v) is 3.24. The van der Waals surface area contributed by atoms with Crippen molar-refractivity contribution in [2.45, 2.75) is 39.5 Å². The van der Waals surface area contributed by atoms with Crippen molar-refractivity contribution >= 4 is 17.3 Å². The van der Waals surface area contributed by atoms with Crippen molar-refractivity contribution in [3.63, 3.8) is 0 Å². The molecule has 0 aliphatic heterocycles. The van der Waals surface area contributed by atoms with E-state index in [4.69, 9.17) is 5.11 Å². The van der Waals surface area contributed by atoms with Crippen molar-refractivity contribution in [3.05, 3.63) is 40.4 Å². The van der Waals surface area contributed by atoms with Crippen LogP contribution in [0.15, 0.2) is 24.3 Å². The Morgan fingerprint density at radius 3 is 2.45 bits per heavy atom. The maximum Gasteiger partial charge on any atom is 0.303 e. The fraction of sp³-hybridized carbons (Fsp3) is 0.375. The van der Waals surface area contributed by atoms with Crippen LogP contribution in [0.4, 0.5) is 0 Å². The SMILES string of the molecule is CCc1ccc(-c2nc(CC)c(CCC(=O)O)s2)cc1. The first-order valence-corrected chi connectivity index (χ1v) is 7.75. The Balaban J connectivity index is 2.25. The zero-order valence-electron chi connectivity index (χ0n) is 11.8. The zero-order valence-corrected chi connectivity index (χ0v) is 12.7. The second-order valence-electron chi connectivity index (χ2n) is 4.69. The van der Waals surface area contributed by atoms with Crippen LogP contribution in [-0.2, 0) is 24.1 Å². The summed E-state index contributed by atoms with van der Waals surface area (Å²) in [6, 6.07) is 8.44. The first kappa shape index (κ1) is 14.7. The lowest BCUT2D eigenvalue weighted by molar-refractivity contribution is -0.136. The first-order chi connectivity index (χ1) is 9.63. The smallest absolute Gasteiger partial charge is 0.303 e. The maximum atomic E-state index is 10.7. The van der Waals surface area contributed by atoms with Crippen molar-refractivity contribution < 1.29 is 9.90 Å². The minimum atomic E-state index is -0.755. The van der Waals surface area contributed by atoms with E-state index in [1.165, 1.54) is 5.56 Å². The molecule has 0 atom stereocenters. The van der Waals surface area contributed by atoms with E-state index in [1.54, 1.807) is 11.3 Å². The van der Waals surface area contributed by atoms with Crippen LogP contribution in [0.3, 0.4) is 0 Å². The number of carboxylic acid groups (broad SMARTS) is 1. The number of hydrogen-bond acceptors (Lipinski definition) is 3. The molecule has 0 bridgehead atoms. The molecule has 0 fully saturated rings. The van der Waals surface area contributed by atoms with E-state index in [9.17, 15) is 4.79 Å². The number of aliphatic carboxylic acids is 1. The molecule has 0 aliphatic carbocycles. The summed E-state index contributed by atoms with van der Waals surface area (Å²) in [7, 11) is 0. The molecule has 2 rings (SSSR count). The molecule has 1 N–H and O–H groups in total. The van der Waals surface area contributed by atoms with Gasteiger partial charge in [-0.05, 0) is 24.8 Å². The molecule has 0 unspecified atom stereocenters. The third-order valence-corrected chi connectivity index (χ3v) is 4.49. The lowest BCUT2D eigenvalue weighted by Crippen LogP contribution is -1.98. The van der Waals surface area contributed by atoms with Gasteiger partial charge in [0.1, 0.15) is 5.01 Å². The van der Waals surface area contributed by atoms with Crippen LogP contribution < -0.4 is 0 Å². The predicted molar refractivity (Wildman–Crippen MR) is 82.3 cm³/mol. The molecular weight excluding hydrogens is 270 g/mol. The molecule has 1 heterocycles. The van der Waals surface area contributed by atoms with Gasteiger partial charge in [0, 0.05) is 10.4 Å². The Kier molecular flexibility index (Phi) is 4.90. The molecule has 2 aromatic rings. The van der Waals surface area contributed by atoms with Gasteiger partial charge < -0.3 is 5.11 Å². The average molecular weight is 289 g/mol. The molecule has 20 heavy (non-hydrogen) atoms. The summed E-state index contributed by atoms with van der Waals surface area (Å²) in [5.74, 6) is -0.755. The standard InChI is InChI=1S/C16H19NO2S/c1-3-11-5-7-12(8-6-11)16-17-13(4-2)14(20-16)9-10-15(18)19/h5-8H,3-4,9-10H2,1-2H3,(H,18,19). The minimum Gasteiger partial charge on any atom is -0.481 e. The molecule has 4 heteroatoms. The summed E-state index contributed by atoms with van der Waals surface area (Å²) < 4.78 is 0. The number of rotatable bonds is 6. The summed E-state index contributed by atoms with van der Waals surface area (Å²) in [6.45, 7) is 4.20.